The van der Waals surface area contributed by atoms with Crippen molar-refractivity contribution in [2.75, 3.05) is 11.9 Å². The highest BCUT2D eigenvalue weighted by Gasteiger charge is 2.26. The molecule has 1 rings (SSSR count). The number of carboxylic acid groups (broad SMARTS) is 1. The van der Waals surface area contributed by atoms with E-state index in [2.05, 4.69) is 10.3 Å². The summed E-state index contributed by atoms with van der Waals surface area (Å²) in [4.78, 5) is 15.7. The highest BCUT2D eigenvalue weighted by Crippen LogP contribution is 2.27. The topological polar surface area (TPSA) is 82.5 Å². The fourth-order valence-electron chi connectivity index (χ4n) is 2.23. The number of aryl methyl sites for hydroxylation is 2. The van der Waals surface area contributed by atoms with Gasteiger partial charge in [0.25, 0.3) is 0 Å². The van der Waals surface area contributed by atoms with Crippen LogP contribution in [0.2, 0.25) is 0 Å². The van der Waals surface area contributed by atoms with Crippen LogP contribution in [0.5, 0.6) is 0 Å². The van der Waals surface area contributed by atoms with Crippen molar-refractivity contribution in [1.82, 2.24) is 4.98 Å². The van der Waals surface area contributed by atoms with Crippen LogP contribution in [0.15, 0.2) is 6.07 Å². The molecule has 3 N–H and O–H groups in total. The van der Waals surface area contributed by atoms with Gasteiger partial charge in [0.2, 0.25) is 0 Å². The fourth-order valence-corrected chi connectivity index (χ4v) is 2.23. The zero-order valence-corrected chi connectivity index (χ0v) is 12.8. The van der Waals surface area contributed by atoms with Gasteiger partial charge in [0.1, 0.15) is 11.4 Å². The Morgan fingerprint density at radius 1 is 1.40 bits per heavy atom. The van der Waals surface area contributed by atoms with Crippen molar-refractivity contribution < 1.29 is 15.0 Å². The quantitative estimate of drug-likeness (QED) is 0.772. The smallest absolute Gasteiger partial charge is 0.339 e. The van der Waals surface area contributed by atoms with Crippen LogP contribution in [-0.2, 0) is 0 Å². The lowest BCUT2D eigenvalue weighted by Crippen LogP contribution is -2.36. The van der Waals surface area contributed by atoms with Crippen LogP contribution in [0, 0.1) is 19.3 Å². The van der Waals surface area contributed by atoms with Gasteiger partial charge in [0, 0.05) is 18.3 Å². The third kappa shape index (κ3) is 3.93. The molecule has 1 unspecified atom stereocenters. The molecule has 5 nitrogen and oxygen atoms in total. The maximum atomic E-state index is 11.4. The van der Waals surface area contributed by atoms with Crippen molar-refractivity contribution in [2.24, 2.45) is 5.41 Å². The van der Waals surface area contributed by atoms with Gasteiger partial charge in [0.05, 0.1) is 0 Å². The molecule has 0 aliphatic rings. The molecule has 0 aliphatic carbocycles. The van der Waals surface area contributed by atoms with Gasteiger partial charge in [-0.25, -0.2) is 9.78 Å². The van der Waals surface area contributed by atoms with Crippen LogP contribution in [0.25, 0.3) is 0 Å². The number of nitrogens with one attached hydrogen (secondary N) is 1. The molecule has 20 heavy (non-hydrogen) atoms. The molecule has 0 saturated heterocycles. The lowest BCUT2D eigenvalue weighted by atomic mass is 9.85. The average Bonchev–Trinajstić information content (AvgIpc) is 2.25. The zero-order valence-electron chi connectivity index (χ0n) is 12.8. The van der Waals surface area contributed by atoms with Gasteiger partial charge in [-0.3, -0.25) is 0 Å². The number of rotatable bonds is 5. The minimum Gasteiger partial charge on any atom is -0.478 e. The number of carbonyl (C=O) groups is 1. The van der Waals surface area contributed by atoms with E-state index >= 15 is 0 Å². The summed E-state index contributed by atoms with van der Waals surface area (Å²) >= 11 is 0. The first-order chi connectivity index (χ1) is 9.16. The molecule has 0 saturated carbocycles. The molecule has 0 amide bonds. The van der Waals surface area contributed by atoms with Crippen LogP contribution >= 0.6 is 0 Å². The Kier molecular flexibility index (Phi) is 5.11. The summed E-state index contributed by atoms with van der Waals surface area (Å²) in [6, 6.07) is 1.70. The summed E-state index contributed by atoms with van der Waals surface area (Å²) in [6.45, 7) is 9.78. The maximum absolute atomic E-state index is 11.4. The molecule has 0 bridgehead atoms. The van der Waals surface area contributed by atoms with Crippen molar-refractivity contribution in [3.63, 3.8) is 0 Å². The standard InChI is InChI=1S/C15H24N2O3/c1-9-8-10(2)16-13(12(9)14(19)20)17-11(6-7-18)15(3,4)5/h8,11,18H,6-7H2,1-5H3,(H,16,17)(H,19,20). The molecule has 0 radical (unpaired) electrons. The second-order valence-corrected chi connectivity index (χ2v) is 6.18. The minimum absolute atomic E-state index is 0.0438. The number of hydrogen-bond donors (Lipinski definition) is 3. The van der Waals surface area contributed by atoms with E-state index in [1.165, 1.54) is 0 Å². The predicted molar refractivity (Wildman–Crippen MR) is 79.2 cm³/mol. The molecule has 5 heteroatoms. The molecule has 1 aromatic heterocycles. The SMILES string of the molecule is Cc1cc(C)c(C(=O)O)c(NC(CCO)C(C)(C)C)n1. The van der Waals surface area contributed by atoms with Crippen molar-refractivity contribution in [1.29, 1.82) is 0 Å². The lowest BCUT2D eigenvalue weighted by Gasteiger charge is -2.32. The number of anilines is 1. The van der Waals surface area contributed by atoms with E-state index in [-0.39, 0.29) is 23.6 Å². The van der Waals surface area contributed by atoms with Gasteiger partial charge < -0.3 is 15.5 Å². The molecule has 1 atom stereocenters. The van der Waals surface area contributed by atoms with Crippen LogP contribution in [0.4, 0.5) is 5.82 Å². The molecular weight excluding hydrogens is 256 g/mol. The highest BCUT2D eigenvalue weighted by atomic mass is 16.4. The summed E-state index contributed by atoms with van der Waals surface area (Å²) in [5.41, 5.74) is 1.54. The second-order valence-electron chi connectivity index (χ2n) is 6.18. The molecule has 0 spiro atoms. The van der Waals surface area contributed by atoms with Gasteiger partial charge in [-0.1, -0.05) is 20.8 Å². The van der Waals surface area contributed by atoms with E-state index in [1.54, 1.807) is 13.0 Å². The number of aliphatic hydroxyl groups excluding tert-OH is 1. The number of aliphatic hydroxyl groups is 1. The minimum atomic E-state index is -0.992. The number of aromatic carboxylic acids is 1. The van der Waals surface area contributed by atoms with E-state index < -0.39 is 5.97 Å². The Hall–Kier alpha value is -1.62. The lowest BCUT2D eigenvalue weighted by molar-refractivity contribution is 0.0696. The fraction of sp³-hybridized carbons (Fsp3) is 0.600. The van der Waals surface area contributed by atoms with Crippen molar-refractivity contribution in [3.8, 4) is 0 Å². The first kappa shape index (κ1) is 16.4. The van der Waals surface area contributed by atoms with E-state index in [1.807, 2.05) is 27.7 Å². The summed E-state index contributed by atoms with van der Waals surface area (Å²) in [5.74, 6) is -0.613. The largest absolute Gasteiger partial charge is 0.478 e. The Morgan fingerprint density at radius 2 is 2.00 bits per heavy atom. The van der Waals surface area contributed by atoms with Crippen LogP contribution in [-0.4, -0.2) is 33.8 Å². The molecule has 112 valence electrons. The average molecular weight is 280 g/mol. The van der Waals surface area contributed by atoms with Gasteiger partial charge >= 0.3 is 5.97 Å². The third-order valence-corrected chi connectivity index (χ3v) is 3.33. The van der Waals surface area contributed by atoms with Gasteiger partial charge in [-0.05, 0) is 37.3 Å². The first-order valence-corrected chi connectivity index (χ1v) is 6.75. The van der Waals surface area contributed by atoms with Crippen molar-refractivity contribution in [3.05, 3.63) is 22.9 Å². The summed E-state index contributed by atoms with van der Waals surface area (Å²) < 4.78 is 0. The van der Waals surface area contributed by atoms with Crippen LogP contribution in [0.3, 0.4) is 0 Å². The van der Waals surface area contributed by atoms with Crippen LogP contribution < -0.4 is 5.32 Å². The summed E-state index contributed by atoms with van der Waals surface area (Å²) in [7, 11) is 0. The molecule has 0 fully saturated rings. The Bertz CT molecular complexity index is 493. The van der Waals surface area contributed by atoms with Crippen LogP contribution in [0.1, 0.15) is 48.8 Å². The zero-order chi connectivity index (χ0) is 15.5. The summed E-state index contributed by atoms with van der Waals surface area (Å²) in [5, 5.41) is 21.7. The Labute approximate surface area is 120 Å². The molecule has 0 aliphatic heterocycles. The third-order valence-electron chi connectivity index (χ3n) is 3.33. The van der Waals surface area contributed by atoms with E-state index in [0.717, 1.165) is 5.69 Å². The number of pyridine rings is 1. The van der Waals surface area contributed by atoms with Gasteiger partial charge in [-0.15, -0.1) is 0 Å². The van der Waals surface area contributed by atoms with Gasteiger partial charge in [-0.2, -0.15) is 0 Å². The number of nitrogens with zero attached hydrogens (tertiary/aromatic N) is 1. The van der Waals surface area contributed by atoms with E-state index in [4.69, 9.17) is 0 Å². The normalized spacial score (nSPS) is 13.1. The molecule has 0 aromatic carbocycles. The first-order valence-electron chi connectivity index (χ1n) is 6.75. The Morgan fingerprint density at radius 3 is 2.45 bits per heavy atom. The summed E-state index contributed by atoms with van der Waals surface area (Å²) in [6.07, 6.45) is 0.539. The van der Waals surface area contributed by atoms with E-state index in [0.29, 0.717) is 17.8 Å². The predicted octanol–water partition coefficient (Wildman–Crippen LogP) is 2.61. The number of aromatic nitrogens is 1. The van der Waals surface area contributed by atoms with Gasteiger partial charge in [0.15, 0.2) is 0 Å². The molecular formula is C15H24N2O3. The maximum Gasteiger partial charge on any atom is 0.339 e. The van der Waals surface area contributed by atoms with Crippen molar-refractivity contribution >= 4 is 11.8 Å². The number of carboxylic acids is 1. The molecule has 1 heterocycles. The molecule has 1 aromatic rings. The highest BCUT2D eigenvalue weighted by molar-refractivity contribution is 5.94. The van der Waals surface area contributed by atoms with Crippen molar-refractivity contribution in [2.45, 2.75) is 47.1 Å². The second kappa shape index (κ2) is 6.22. The monoisotopic (exact) mass is 280 g/mol. The van der Waals surface area contributed by atoms with E-state index in [9.17, 15) is 15.0 Å². The number of hydrogen-bond acceptors (Lipinski definition) is 4. The Balaban J connectivity index is 3.21.